The molecule has 3 aliphatic carbocycles. The summed E-state index contributed by atoms with van der Waals surface area (Å²) in [7, 11) is 5.43. The van der Waals surface area contributed by atoms with E-state index in [9.17, 15) is 63.3 Å². The zero-order chi connectivity index (χ0) is 104. The Balaban J connectivity index is 0.558. The van der Waals surface area contributed by atoms with E-state index in [-0.39, 0.29) is 170 Å². The van der Waals surface area contributed by atoms with Crippen molar-refractivity contribution >= 4 is 98.4 Å². The number of carbonyl (C=O) groups is 11. The molecule has 1 saturated heterocycles. The minimum atomic E-state index is -2.13. The smallest absolute Gasteiger partial charge is 0.334 e. The maximum Gasteiger partial charge on any atom is 0.334 e. The van der Waals surface area contributed by atoms with E-state index in [4.69, 9.17) is 81.5 Å². The van der Waals surface area contributed by atoms with Gasteiger partial charge in [0, 0.05) is 122 Å². The van der Waals surface area contributed by atoms with Crippen molar-refractivity contribution < 1.29 is 143 Å². The summed E-state index contributed by atoms with van der Waals surface area (Å²) in [6.45, 7) is 22.4. The van der Waals surface area contributed by atoms with Gasteiger partial charge in [0.1, 0.15) is 78.6 Å². The van der Waals surface area contributed by atoms with Gasteiger partial charge in [-0.1, -0.05) is 108 Å². The summed E-state index contributed by atoms with van der Waals surface area (Å²) in [5, 5.41) is 51.4. The number of aromatic nitrogens is 1. The Bertz CT molecular complexity index is 5610. The van der Waals surface area contributed by atoms with Gasteiger partial charge in [-0.25, -0.2) is 14.6 Å². The van der Waals surface area contributed by atoms with Gasteiger partial charge < -0.3 is 128 Å². The summed E-state index contributed by atoms with van der Waals surface area (Å²) in [6, 6.07) is 18.5. The maximum absolute atomic E-state index is 15.2. The zero-order valence-electron chi connectivity index (χ0n) is 84.1. The molecule has 40 nitrogen and oxygen atoms in total. The minimum Gasteiger partial charge on any atom is -0.507 e. The van der Waals surface area contributed by atoms with Crippen molar-refractivity contribution in [2.45, 2.75) is 157 Å². The number of rotatable bonds is 51. The molecule has 0 radical (unpaired) electrons. The van der Waals surface area contributed by atoms with Crippen molar-refractivity contribution in [3.05, 3.63) is 153 Å². The van der Waals surface area contributed by atoms with Crippen LogP contribution in [0.4, 0.5) is 16.2 Å². The van der Waals surface area contributed by atoms with Crippen LogP contribution in [-0.2, 0) is 113 Å². The number of aromatic hydroxyl groups is 1. The maximum atomic E-state index is 15.2. The number of fused-ring (bicyclic) bond motifs is 7. The lowest BCUT2D eigenvalue weighted by atomic mass is 9.78. The van der Waals surface area contributed by atoms with Crippen molar-refractivity contribution in [2.75, 3.05) is 170 Å². The molecule has 11 N–H and O–H groups in total. The Kier molecular flexibility index (Phi) is 41.7. The number of hydrogen-bond donors (Lipinski definition) is 10. The second-order valence-corrected chi connectivity index (χ2v) is 37.8. The number of amides is 9. The number of esters is 2. The van der Waals surface area contributed by atoms with E-state index < -0.39 is 148 Å². The number of nitrogens with zero attached hydrogens (tertiary/aromatic N) is 3. The molecule has 144 heavy (non-hydrogen) atoms. The van der Waals surface area contributed by atoms with E-state index in [0.29, 0.717) is 120 Å². The number of likely N-dealkylation sites (N-methyl/N-ethyl adjacent to an activating group) is 1. The third kappa shape index (κ3) is 30.0. The van der Waals surface area contributed by atoms with Gasteiger partial charge in [-0.15, -0.1) is 0 Å². The first kappa shape index (κ1) is 112. The molecular weight excluding hydrogens is 1870 g/mol. The molecule has 7 aliphatic rings. The number of primary amides is 1. The molecule has 15 atom stereocenters. The van der Waals surface area contributed by atoms with Crippen LogP contribution in [0.25, 0.3) is 33.3 Å². The van der Waals surface area contributed by atoms with Crippen LogP contribution < -0.4 is 52.5 Å². The van der Waals surface area contributed by atoms with E-state index in [2.05, 4.69) is 31.9 Å². The number of ether oxygens (including phenoxy) is 14. The van der Waals surface area contributed by atoms with Crippen molar-refractivity contribution in [3.63, 3.8) is 0 Å². The Morgan fingerprint density at radius 1 is 0.694 bits per heavy atom. The van der Waals surface area contributed by atoms with Crippen LogP contribution in [0.15, 0.2) is 130 Å². The van der Waals surface area contributed by atoms with E-state index in [1.807, 2.05) is 56.6 Å². The normalized spacial score (nSPS) is 22.9. The minimum absolute atomic E-state index is 0.00461. The summed E-state index contributed by atoms with van der Waals surface area (Å²) >= 11 is 0. The molecule has 4 unspecified atom stereocenters. The van der Waals surface area contributed by atoms with Gasteiger partial charge in [0.05, 0.1) is 167 Å². The predicted molar refractivity (Wildman–Crippen MR) is 526 cm³/mol. The highest BCUT2D eigenvalue weighted by Crippen LogP contribution is 2.56. The molecule has 4 heterocycles. The average molecular weight is 2010 g/mol. The number of carbonyl (C=O) groups excluding carboxylic acids is 11. The molecule has 0 spiro atoms. The highest BCUT2D eigenvalue weighted by Gasteiger charge is 2.62. The Morgan fingerprint density at radius 2 is 1.32 bits per heavy atom. The van der Waals surface area contributed by atoms with Gasteiger partial charge in [-0.2, -0.15) is 0 Å². The summed E-state index contributed by atoms with van der Waals surface area (Å²) in [4.78, 5) is 168. The van der Waals surface area contributed by atoms with E-state index in [1.54, 1.807) is 90.1 Å². The van der Waals surface area contributed by atoms with Crippen molar-refractivity contribution in [1.82, 2.24) is 31.2 Å². The Labute approximate surface area is 836 Å². The lowest BCUT2D eigenvalue weighted by Gasteiger charge is -2.38. The first-order valence-corrected chi connectivity index (χ1v) is 49.0. The van der Waals surface area contributed by atoms with E-state index in [0.717, 1.165) is 11.1 Å². The monoisotopic (exact) mass is 2010 g/mol. The van der Waals surface area contributed by atoms with Crippen LogP contribution in [0.3, 0.4) is 0 Å². The first-order valence-electron chi connectivity index (χ1n) is 49.0. The standard InChI is InChI=1S/C104H138N10O30/c1-60(2)86(111-80(117)32-37-131-41-43-133-45-47-135-49-51-137-53-54-138-52-50-136-48-46-134-44-42-132-39-34-106-79(116)30-35-113-100(126)81-70-55-73(82(81)101(113)127)74(56-70)102(128)140-59-69-21-15-14-16-22-69)99(125)110-76(23-18-33-107-103(105)129)98(124)108-71-26-24-68(25-27-71)58-114(11,12)36-40-139-72-28-29-75-78(57-72)143-95-87(109-75)83-84-91(120)66(8)94-85(83)96(122)104(10,144-94)141-38-31-77(130-13)63(5)93(142-67(9)115)65(7)90(119)64(6)89(118)61(3)19-17-20-62(4)97(123)112-88(95)92(84)121/h14-17,19-22,24-29,31,38,56-57,60-61,63-65,70,73,76-77,81-82,86,89-90,93,118-119H,18,23,30,32-37,39-55,58-59H2,1-13H3,(H8-,105,106,107,108,109,110,111,112,116,117,120,121,122,123,124,125,129)/p+1/b19-17+,38-31+,62-20-/t61-,63+,64+,65+,70?,73?,76-,77-,81?,82?,86-,89-,90+,93+,104-/m0/s1. The SMILES string of the molecule is CO[C@H]1/C=C/O[C@@]2(C)Oc3c(C)c(O)c4c(=O)c(c5oc6cc(OCC[N+](C)(C)Cc7ccc(NC(=O)[C@H](CCCNC(N)=O)NC(=O)[C@@H](NC(=O)CCOCCOCCOCCOCCOCCOCCOCCOCCNC(=O)CCN8C(=O)C9C%10C=C(C(=O)OCc%11ccccc%11)C(C%10)C9C8=O)C(C)C)cc7)ccc6nc-5c4c3C2=O)NC(=O)/C(C)=C\C=C\[C@H](C)[C@H](O)[C@@H](C)[C@@H](O)[C@@H](C)[C@H](OC(C)=O)[C@@H]1C. The number of hydrogen-bond acceptors (Lipinski definition) is 31. The largest absolute Gasteiger partial charge is 0.507 e. The molecular formula is C104H139N10O30+. The highest BCUT2D eigenvalue weighted by molar-refractivity contribution is 6.22. The highest BCUT2D eigenvalue weighted by atomic mass is 16.7. The Morgan fingerprint density at radius 3 is 1.94 bits per heavy atom. The molecule has 11 rings (SSSR count). The van der Waals surface area contributed by atoms with Crippen molar-refractivity contribution in [1.29, 1.82) is 0 Å². The van der Waals surface area contributed by atoms with Gasteiger partial charge in [-0.3, -0.25) is 52.8 Å². The summed E-state index contributed by atoms with van der Waals surface area (Å²) in [5.41, 5.74) is 6.80. The number of Topliss-reactive ketones (excluding diaryl/α,β-unsaturated/α-hetero) is 1. The second-order valence-electron chi connectivity index (χ2n) is 37.8. The van der Waals surface area contributed by atoms with E-state index >= 15 is 9.59 Å². The van der Waals surface area contributed by atoms with Crippen LogP contribution in [-0.4, -0.2) is 297 Å². The van der Waals surface area contributed by atoms with Gasteiger partial charge >= 0.3 is 23.8 Å². The number of allylic oxidation sites excluding steroid dienone is 3. The second kappa shape index (κ2) is 53.6. The van der Waals surface area contributed by atoms with Crippen LogP contribution >= 0.6 is 0 Å². The number of nitrogens with two attached hydrogens (primary N) is 1. The molecule has 4 aliphatic heterocycles. The number of aliphatic hydroxyl groups excluding tert-OH is 2. The fraction of sp³-hybridized carbons (Fsp3) is 0.548. The summed E-state index contributed by atoms with van der Waals surface area (Å²) in [5.74, 6) is -12.7. The average Bonchev–Trinajstić information content (AvgIpc) is 1.48. The number of anilines is 2. The topological polar surface area (TPSA) is 522 Å². The van der Waals surface area contributed by atoms with Crippen LogP contribution in [0.5, 0.6) is 17.2 Å². The molecule has 4 aromatic rings. The zero-order valence-corrected chi connectivity index (χ0v) is 84.1. The lowest BCUT2D eigenvalue weighted by Crippen LogP contribution is -2.54. The third-order valence-corrected chi connectivity index (χ3v) is 26.3. The van der Waals surface area contributed by atoms with Gasteiger partial charge in [0.2, 0.25) is 40.9 Å². The Hall–Kier alpha value is -12.2. The van der Waals surface area contributed by atoms with Crippen molar-refractivity contribution in [3.8, 4) is 28.7 Å². The molecule has 2 fully saturated rings. The molecule has 784 valence electrons. The molecule has 0 aromatic heterocycles. The molecule has 1 saturated carbocycles. The van der Waals surface area contributed by atoms with Crippen LogP contribution in [0.2, 0.25) is 0 Å². The number of imide groups is 1. The molecule has 6 bridgehead atoms. The molecule has 4 aromatic carbocycles. The fourth-order valence-corrected chi connectivity index (χ4v) is 18.3. The number of likely N-dealkylation sites (tertiary alicyclic amines) is 1. The molecule has 9 amide bonds. The predicted octanol–water partition coefficient (Wildman–Crippen LogP) is 7.57. The van der Waals surface area contributed by atoms with Crippen LogP contribution in [0, 0.1) is 60.2 Å². The number of urea groups is 1. The lowest BCUT2D eigenvalue weighted by molar-refractivity contribution is -0.903. The number of ketones is 1. The summed E-state index contributed by atoms with van der Waals surface area (Å²) in [6.07, 6.45) is 5.81. The third-order valence-electron chi connectivity index (χ3n) is 26.3. The number of aliphatic hydroxyl groups is 2. The number of phenolic OH excluding ortho intramolecular Hbond substituents is 1. The number of methoxy groups -OCH3 is 1. The number of phenols is 1. The van der Waals surface area contributed by atoms with Crippen LogP contribution in [0.1, 0.15) is 121 Å². The van der Waals surface area contributed by atoms with Gasteiger partial charge in [0.25, 0.3) is 11.7 Å². The number of quaternary nitrogens is 1. The fourth-order valence-electron chi connectivity index (χ4n) is 18.3. The molecule has 40 heteroatoms. The van der Waals surface area contributed by atoms with Crippen molar-refractivity contribution in [2.24, 2.45) is 59.0 Å². The van der Waals surface area contributed by atoms with Gasteiger partial charge in [-0.05, 0) is 80.9 Å². The van der Waals surface area contributed by atoms with E-state index in [1.165, 1.54) is 58.1 Å². The summed E-state index contributed by atoms with van der Waals surface area (Å²) < 4.78 is 87.7. The number of benzene rings is 5. The first-order chi connectivity index (χ1) is 68.9. The number of nitrogens with one attached hydrogen (secondary N) is 6. The quantitative estimate of drug-likeness (QED) is 0.00439. The van der Waals surface area contributed by atoms with Gasteiger partial charge in [0.15, 0.2) is 11.3 Å².